The van der Waals surface area contributed by atoms with E-state index in [0.29, 0.717) is 11.8 Å². The minimum atomic E-state index is 0.117. The zero-order valence-electron chi connectivity index (χ0n) is 12.8. The Bertz CT molecular complexity index is 474. The molecule has 110 valence electrons. The summed E-state index contributed by atoms with van der Waals surface area (Å²) in [4.78, 5) is 0. The molecule has 1 unspecified atom stereocenters. The molecule has 2 heteroatoms. The number of hydrogen-bond donors (Lipinski definition) is 1. The standard InChI is InChI=1S/C18H27NO/c1-13(2)14-5-6-17-16(11-14)15(7-10-19)12-18(20-17)8-3-4-9-18/h5-6,11,13,15H,3-4,7-10,12,19H2,1-2H3. The third kappa shape index (κ3) is 2.46. The first-order valence-corrected chi connectivity index (χ1v) is 8.16. The minimum Gasteiger partial charge on any atom is -0.487 e. The Labute approximate surface area is 122 Å². The number of nitrogens with two attached hydrogens (primary N) is 1. The van der Waals surface area contributed by atoms with Gasteiger partial charge in [0.2, 0.25) is 0 Å². The molecule has 1 aliphatic carbocycles. The number of hydrogen-bond acceptors (Lipinski definition) is 2. The van der Waals surface area contributed by atoms with Gasteiger partial charge in [0.05, 0.1) is 0 Å². The smallest absolute Gasteiger partial charge is 0.123 e. The van der Waals surface area contributed by atoms with Crippen LogP contribution in [0.2, 0.25) is 0 Å². The number of benzene rings is 1. The van der Waals surface area contributed by atoms with Gasteiger partial charge in [-0.1, -0.05) is 26.0 Å². The lowest BCUT2D eigenvalue weighted by molar-refractivity contribution is 0.0409. The molecule has 1 aromatic carbocycles. The Kier molecular flexibility index (Phi) is 3.76. The van der Waals surface area contributed by atoms with Gasteiger partial charge in [-0.2, -0.15) is 0 Å². The Morgan fingerprint density at radius 2 is 2.05 bits per heavy atom. The molecule has 2 nitrogen and oxygen atoms in total. The molecule has 0 bridgehead atoms. The maximum Gasteiger partial charge on any atom is 0.123 e. The Morgan fingerprint density at radius 3 is 2.70 bits per heavy atom. The van der Waals surface area contributed by atoms with Gasteiger partial charge >= 0.3 is 0 Å². The highest BCUT2D eigenvalue weighted by atomic mass is 16.5. The predicted octanol–water partition coefficient (Wildman–Crippen LogP) is 4.34. The molecule has 1 aliphatic heterocycles. The van der Waals surface area contributed by atoms with Crippen LogP contribution in [0, 0.1) is 0 Å². The summed E-state index contributed by atoms with van der Waals surface area (Å²) in [5.74, 6) is 2.28. The maximum absolute atomic E-state index is 6.45. The summed E-state index contributed by atoms with van der Waals surface area (Å²) >= 11 is 0. The molecule has 20 heavy (non-hydrogen) atoms. The lowest BCUT2D eigenvalue weighted by atomic mass is 9.79. The fraction of sp³-hybridized carbons (Fsp3) is 0.667. The van der Waals surface area contributed by atoms with E-state index in [1.165, 1.54) is 43.2 Å². The molecule has 3 rings (SSSR count). The van der Waals surface area contributed by atoms with Gasteiger partial charge < -0.3 is 10.5 Å². The molecule has 1 spiro atoms. The summed E-state index contributed by atoms with van der Waals surface area (Å²) in [7, 11) is 0. The third-order valence-corrected chi connectivity index (χ3v) is 5.12. The van der Waals surface area contributed by atoms with E-state index >= 15 is 0 Å². The van der Waals surface area contributed by atoms with Gasteiger partial charge in [-0.05, 0) is 74.1 Å². The van der Waals surface area contributed by atoms with E-state index in [1.54, 1.807) is 0 Å². The fourth-order valence-corrected chi connectivity index (χ4v) is 3.96. The highest BCUT2D eigenvalue weighted by molar-refractivity contribution is 5.43. The van der Waals surface area contributed by atoms with Crippen LogP contribution in [0.1, 0.15) is 75.3 Å². The molecule has 0 saturated heterocycles. The van der Waals surface area contributed by atoms with Crippen LogP contribution in [0.5, 0.6) is 5.75 Å². The van der Waals surface area contributed by atoms with Crippen molar-refractivity contribution in [2.75, 3.05) is 6.54 Å². The summed E-state index contributed by atoms with van der Waals surface area (Å²) < 4.78 is 6.45. The second kappa shape index (κ2) is 5.40. The van der Waals surface area contributed by atoms with Crippen molar-refractivity contribution in [3.63, 3.8) is 0 Å². The quantitative estimate of drug-likeness (QED) is 0.889. The molecule has 2 N–H and O–H groups in total. The Balaban J connectivity index is 1.96. The van der Waals surface area contributed by atoms with Gasteiger partial charge in [-0.25, -0.2) is 0 Å². The first kappa shape index (κ1) is 13.9. The van der Waals surface area contributed by atoms with Crippen LogP contribution in [0.3, 0.4) is 0 Å². The summed E-state index contributed by atoms with van der Waals surface area (Å²) in [6.45, 7) is 5.27. The van der Waals surface area contributed by atoms with Crippen molar-refractivity contribution in [2.45, 2.75) is 69.8 Å². The van der Waals surface area contributed by atoms with E-state index in [1.807, 2.05) is 0 Å². The predicted molar refractivity (Wildman–Crippen MR) is 83.4 cm³/mol. The summed E-state index contributed by atoms with van der Waals surface area (Å²) in [6, 6.07) is 6.80. The van der Waals surface area contributed by atoms with Gasteiger partial charge in [-0.3, -0.25) is 0 Å². The van der Waals surface area contributed by atoms with E-state index < -0.39 is 0 Å². The van der Waals surface area contributed by atoms with Crippen molar-refractivity contribution >= 4 is 0 Å². The highest BCUT2D eigenvalue weighted by Gasteiger charge is 2.42. The second-order valence-corrected chi connectivity index (χ2v) is 6.92. The number of ether oxygens (including phenoxy) is 1. The molecular weight excluding hydrogens is 246 g/mol. The lowest BCUT2D eigenvalue weighted by Gasteiger charge is -2.40. The Hall–Kier alpha value is -1.02. The lowest BCUT2D eigenvalue weighted by Crippen LogP contribution is -2.38. The average Bonchev–Trinajstić information content (AvgIpc) is 2.86. The molecule has 0 aromatic heterocycles. The van der Waals surface area contributed by atoms with Crippen LogP contribution < -0.4 is 10.5 Å². The molecule has 0 radical (unpaired) electrons. The first-order chi connectivity index (χ1) is 9.63. The minimum absolute atomic E-state index is 0.117. The van der Waals surface area contributed by atoms with Crippen LogP contribution in [0.4, 0.5) is 0 Å². The molecule has 1 heterocycles. The van der Waals surface area contributed by atoms with Crippen LogP contribution in [-0.4, -0.2) is 12.1 Å². The van der Waals surface area contributed by atoms with Crippen molar-refractivity contribution in [3.05, 3.63) is 29.3 Å². The zero-order chi connectivity index (χ0) is 14.2. The highest BCUT2D eigenvalue weighted by Crippen LogP contribution is 2.49. The van der Waals surface area contributed by atoms with E-state index in [4.69, 9.17) is 10.5 Å². The van der Waals surface area contributed by atoms with Gasteiger partial charge in [0.25, 0.3) is 0 Å². The van der Waals surface area contributed by atoms with Crippen molar-refractivity contribution in [1.29, 1.82) is 0 Å². The summed E-state index contributed by atoms with van der Waals surface area (Å²) in [5, 5.41) is 0. The summed E-state index contributed by atoms with van der Waals surface area (Å²) in [5.41, 5.74) is 8.79. The Morgan fingerprint density at radius 1 is 1.30 bits per heavy atom. The van der Waals surface area contributed by atoms with Crippen LogP contribution >= 0.6 is 0 Å². The molecule has 1 saturated carbocycles. The van der Waals surface area contributed by atoms with Gasteiger partial charge in [0.15, 0.2) is 0 Å². The van der Waals surface area contributed by atoms with E-state index in [9.17, 15) is 0 Å². The molecule has 1 fully saturated rings. The monoisotopic (exact) mass is 273 g/mol. The molecule has 2 aliphatic rings. The van der Waals surface area contributed by atoms with E-state index in [-0.39, 0.29) is 5.60 Å². The third-order valence-electron chi connectivity index (χ3n) is 5.12. The molecule has 0 amide bonds. The normalized spacial score (nSPS) is 23.9. The number of rotatable bonds is 3. The van der Waals surface area contributed by atoms with Crippen molar-refractivity contribution in [3.8, 4) is 5.75 Å². The zero-order valence-corrected chi connectivity index (χ0v) is 12.8. The summed E-state index contributed by atoms with van der Waals surface area (Å²) in [6.07, 6.45) is 7.32. The van der Waals surface area contributed by atoms with Gasteiger partial charge in [-0.15, -0.1) is 0 Å². The van der Waals surface area contributed by atoms with Gasteiger partial charge in [0, 0.05) is 0 Å². The maximum atomic E-state index is 6.45. The van der Waals surface area contributed by atoms with Crippen molar-refractivity contribution < 1.29 is 4.74 Å². The first-order valence-electron chi connectivity index (χ1n) is 8.16. The van der Waals surface area contributed by atoms with E-state index in [2.05, 4.69) is 32.0 Å². The largest absolute Gasteiger partial charge is 0.487 e. The second-order valence-electron chi connectivity index (χ2n) is 6.92. The molecule has 1 atom stereocenters. The van der Waals surface area contributed by atoms with Crippen LogP contribution in [0.25, 0.3) is 0 Å². The SMILES string of the molecule is CC(C)c1ccc2c(c1)C(CCN)CC1(CCCC1)O2. The molecular formula is C18H27NO. The fourth-order valence-electron chi connectivity index (χ4n) is 3.96. The van der Waals surface area contributed by atoms with Crippen LogP contribution in [0.15, 0.2) is 18.2 Å². The number of fused-ring (bicyclic) bond motifs is 1. The average molecular weight is 273 g/mol. The van der Waals surface area contributed by atoms with Crippen molar-refractivity contribution in [1.82, 2.24) is 0 Å². The van der Waals surface area contributed by atoms with Gasteiger partial charge in [0.1, 0.15) is 11.4 Å². The van der Waals surface area contributed by atoms with Crippen molar-refractivity contribution in [2.24, 2.45) is 5.73 Å². The van der Waals surface area contributed by atoms with Crippen LogP contribution in [-0.2, 0) is 0 Å². The molecule has 1 aromatic rings. The van der Waals surface area contributed by atoms with E-state index in [0.717, 1.165) is 18.7 Å². The topological polar surface area (TPSA) is 35.2 Å².